The van der Waals surface area contributed by atoms with Crippen LogP contribution in [0.4, 0.5) is 0 Å². The predicted octanol–water partition coefficient (Wildman–Crippen LogP) is 11.3. The number of carbonyl (C=O) groups is 1. The third kappa shape index (κ3) is 7.50. The molecule has 4 atom stereocenters. The van der Waals surface area contributed by atoms with Crippen LogP contribution in [0.3, 0.4) is 0 Å². The molecule has 41 heavy (non-hydrogen) atoms. The first-order valence-electron chi connectivity index (χ1n) is 17.6. The van der Waals surface area contributed by atoms with Gasteiger partial charge in [-0.1, -0.05) is 99.6 Å². The van der Waals surface area contributed by atoms with Crippen molar-refractivity contribution in [1.82, 2.24) is 0 Å². The van der Waals surface area contributed by atoms with Gasteiger partial charge in [0.05, 0.1) is 5.60 Å². The summed E-state index contributed by atoms with van der Waals surface area (Å²) in [6.07, 6.45) is 17.1. The maximum atomic E-state index is 14.5. The summed E-state index contributed by atoms with van der Waals surface area (Å²) in [6, 6.07) is 5.20. The lowest BCUT2D eigenvalue weighted by atomic mass is 9.46. The fourth-order valence-electron chi connectivity index (χ4n) is 8.75. The molecular weight excluding hydrogens is 500 g/mol. The van der Waals surface area contributed by atoms with Crippen molar-refractivity contribution < 1.29 is 9.53 Å². The number of benzene rings is 1. The molecule has 1 aromatic rings. The first-order valence-corrected chi connectivity index (χ1v) is 17.6. The molecule has 2 nitrogen and oxygen atoms in total. The number of ketones is 1. The van der Waals surface area contributed by atoms with E-state index in [4.69, 9.17) is 4.74 Å². The van der Waals surface area contributed by atoms with Gasteiger partial charge in [-0.15, -0.1) is 0 Å². The van der Waals surface area contributed by atoms with Crippen LogP contribution < -0.4 is 0 Å². The number of hydrogen-bond acceptors (Lipinski definition) is 2. The molecule has 234 valence electrons. The molecule has 0 aliphatic heterocycles. The lowest BCUT2D eigenvalue weighted by Crippen LogP contribution is -2.55. The Bertz CT molecular complexity index is 1010. The Balaban J connectivity index is 1.85. The smallest absolute Gasteiger partial charge is 0.144 e. The maximum Gasteiger partial charge on any atom is 0.144 e. The monoisotopic (exact) mass is 567 g/mol. The topological polar surface area (TPSA) is 26.3 Å². The Morgan fingerprint density at radius 1 is 0.976 bits per heavy atom. The predicted molar refractivity (Wildman–Crippen MR) is 177 cm³/mol. The molecule has 0 aromatic heterocycles. The van der Waals surface area contributed by atoms with Gasteiger partial charge in [0.1, 0.15) is 5.78 Å². The van der Waals surface area contributed by atoms with Gasteiger partial charge in [0.15, 0.2) is 0 Å². The van der Waals surface area contributed by atoms with Crippen LogP contribution in [0.5, 0.6) is 0 Å². The Morgan fingerprint density at radius 3 is 2.29 bits per heavy atom. The molecule has 2 aliphatic rings. The van der Waals surface area contributed by atoms with Gasteiger partial charge in [0.2, 0.25) is 0 Å². The normalized spacial score (nSPS) is 26.0. The molecule has 0 N–H and O–H groups in total. The second-order valence-electron chi connectivity index (χ2n) is 15.7. The highest BCUT2D eigenvalue weighted by Crippen LogP contribution is 2.60. The molecule has 2 aliphatic carbocycles. The van der Waals surface area contributed by atoms with Gasteiger partial charge < -0.3 is 4.74 Å². The van der Waals surface area contributed by atoms with Crippen molar-refractivity contribution in [3.8, 4) is 0 Å². The van der Waals surface area contributed by atoms with Crippen LogP contribution in [0.1, 0.15) is 181 Å². The molecule has 0 radical (unpaired) electrons. The molecule has 1 aromatic carbocycles. The SMILES string of the molecule is CCCCC(C)(C)OCCCCc1cc2c(cc1C(C)C)CCC1C(C)(C(=O)C(C)(CC)CCCC)CCCC21C. The van der Waals surface area contributed by atoms with Crippen LogP contribution in [-0.4, -0.2) is 18.0 Å². The molecule has 0 saturated heterocycles. The second kappa shape index (κ2) is 14.1. The number of carbonyl (C=O) groups excluding carboxylic acids is 1. The number of ether oxygens (including phenoxy) is 1. The van der Waals surface area contributed by atoms with E-state index >= 15 is 0 Å². The first kappa shape index (κ1) is 34.3. The van der Waals surface area contributed by atoms with Crippen molar-refractivity contribution in [2.24, 2.45) is 16.7 Å². The van der Waals surface area contributed by atoms with E-state index in [9.17, 15) is 4.79 Å². The lowest BCUT2D eigenvalue weighted by molar-refractivity contribution is -0.147. The fraction of sp³-hybridized carbons (Fsp3) is 0.821. The minimum absolute atomic E-state index is 0.00993. The van der Waals surface area contributed by atoms with Crippen molar-refractivity contribution in [2.45, 2.75) is 182 Å². The summed E-state index contributed by atoms with van der Waals surface area (Å²) in [5.41, 5.74) is 5.91. The van der Waals surface area contributed by atoms with Crippen molar-refractivity contribution >= 4 is 5.78 Å². The molecule has 3 rings (SSSR count). The van der Waals surface area contributed by atoms with Gasteiger partial charge in [-0.25, -0.2) is 0 Å². The van der Waals surface area contributed by atoms with E-state index in [0.29, 0.717) is 17.6 Å². The van der Waals surface area contributed by atoms with Crippen LogP contribution >= 0.6 is 0 Å². The zero-order valence-corrected chi connectivity index (χ0v) is 28.9. The molecule has 2 heteroatoms. The summed E-state index contributed by atoms with van der Waals surface area (Å²) in [7, 11) is 0. The number of rotatable bonds is 16. The molecule has 1 saturated carbocycles. The van der Waals surface area contributed by atoms with Crippen molar-refractivity contribution in [3.05, 3.63) is 34.4 Å². The Labute approximate surface area is 255 Å². The largest absolute Gasteiger partial charge is 0.376 e. The Morgan fingerprint density at radius 2 is 1.66 bits per heavy atom. The highest BCUT2D eigenvalue weighted by Gasteiger charge is 2.57. The highest BCUT2D eigenvalue weighted by atomic mass is 16.5. The van der Waals surface area contributed by atoms with Gasteiger partial charge >= 0.3 is 0 Å². The van der Waals surface area contributed by atoms with Crippen molar-refractivity contribution in [3.63, 3.8) is 0 Å². The van der Waals surface area contributed by atoms with E-state index < -0.39 is 0 Å². The molecule has 4 unspecified atom stereocenters. The zero-order chi connectivity index (χ0) is 30.5. The number of fused-ring (bicyclic) bond motifs is 3. The third-order valence-electron chi connectivity index (χ3n) is 11.6. The molecule has 0 spiro atoms. The summed E-state index contributed by atoms with van der Waals surface area (Å²) in [6.45, 7) is 24.0. The summed E-state index contributed by atoms with van der Waals surface area (Å²) in [5, 5.41) is 0. The van der Waals surface area contributed by atoms with Crippen LogP contribution in [0, 0.1) is 16.7 Å². The van der Waals surface area contributed by atoms with Gasteiger partial charge in [0, 0.05) is 17.4 Å². The van der Waals surface area contributed by atoms with Crippen molar-refractivity contribution in [2.75, 3.05) is 6.61 Å². The number of unbranched alkanes of at least 4 members (excludes halogenated alkanes) is 3. The molecule has 1 fully saturated rings. The highest BCUT2D eigenvalue weighted by molar-refractivity contribution is 5.90. The summed E-state index contributed by atoms with van der Waals surface area (Å²) >= 11 is 0. The van der Waals surface area contributed by atoms with E-state index in [2.05, 4.69) is 81.4 Å². The van der Waals surface area contributed by atoms with E-state index in [0.717, 1.165) is 77.2 Å². The van der Waals surface area contributed by atoms with Crippen LogP contribution in [0.25, 0.3) is 0 Å². The first-order chi connectivity index (χ1) is 19.3. The summed E-state index contributed by atoms with van der Waals surface area (Å²) < 4.78 is 6.30. The van der Waals surface area contributed by atoms with Gasteiger partial charge in [-0.2, -0.15) is 0 Å². The average molecular weight is 567 g/mol. The minimum Gasteiger partial charge on any atom is -0.376 e. The van der Waals surface area contributed by atoms with Gasteiger partial charge in [0.25, 0.3) is 0 Å². The molecule has 0 amide bonds. The standard InChI is InChI=1S/C39H66O2/c1-11-14-22-36(6,7)41-26-17-16-19-30-28-33-31(27-32(30)29(4)5)20-21-34-38(33,9)24-18-25-39(34,10)35(40)37(8,13-3)23-15-12-2/h27-29,34H,11-26H2,1-10H3. The Hall–Kier alpha value is -1.15. The Kier molecular flexibility index (Phi) is 11.8. The van der Waals surface area contributed by atoms with E-state index in [1.54, 1.807) is 22.3 Å². The fourth-order valence-corrected chi connectivity index (χ4v) is 8.75. The summed E-state index contributed by atoms with van der Waals surface area (Å²) in [5.74, 6) is 1.54. The van der Waals surface area contributed by atoms with Crippen LogP contribution in [-0.2, 0) is 27.8 Å². The zero-order valence-electron chi connectivity index (χ0n) is 28.9. The number of aryl methyl sites for hydroxylation is 2. The van der Waals surface area contributed by atoms with E-state index in [-0.39, 0.29) is 21.8 Å². The minimum atomic E-state index is -0.220. The second-order valence-corrected chi connectivity index (χ2v) is 15.7. The van der Waals surface area contributed by atoms with Crippen LogP contribution in [0.2, 0.25) is 0 Å². The molecular formula is C39H66O2. The molecule has 0 bridgehead atoms. The quantitative estimate of drug-likeness (QED) is 0.186. The lowest BCUT2D eigenvalue weighted by Gasteiger charge is -2.56. The van der Waals surface area contributed by atoms with E-state index in [1.165, 1.54) is 25.7 Å². The van der Waals surface area contributed by atoms with Gasteiger partial charge in [-0.3, -0.25) is 4.79 Å². The third-order valence-corrected chi connectivity index (χ3v) is 11.6. The molecule has 0 heterocycles. The van der Waals surface area contributed by atoms with Crippen molar-refractivity contribution in [1.29, 1.82) is 0 Å². The van der Waals surface area contributed by atoms with E-state index in [1.807, 2.05) is 0 Å². The average Bonchev–Trinajstić information content (AvgIpc) is 2.93. The summed E-state index contributed by atoms with van der Waals surface area (Å²) in [4.78, 5) is 14.5. The number of Topliss-reactive ketones (excluding diaryl/α,β-unsaturated/α-hetero) is 1. The van der Waals surface area contributed by atoms with Crippen LogP contribution in [0.15, 0.2) is 12.1 Å². The maximum absolute atomic E-state index is 14.5. The number of hydrogen-bond donors (Lipinski definition) is 0. The van der Waals surface area contributed by atoms with Gasteiger partial charge in [-0.05, 0) is 118 Å².